The van der Waals surface area contributed by atoms with Gasteiger partial charge in [-0.1, -0.05) is 18.2 Å². The summed E-state index contributed by atoms with van der Waals surface area (Å²) in [6.07, 6.45) is 2.55. The van der Waals surface area contributed by atoms with Gasteiger partial charge in [0.05, 0.1) is 12.5 Å². The number of carbonyl (C=O) groups is 1. The lowest BCUT2D eigenvalue weighted by molar-refractivity contribution is -0.119. The van der Waals surface area contributed by atoms with Crippen molar-refractivity contribution in [3.63, 3.8) is 0 Å². The minimum Gasteiger partial charge on any atom is -0.375 e. The Kier molecular flexibility index (Phi) is 2.59. The molecule has 0 amide bonds. The molecule has 2 heterocycles. The van der Waals surface area contributed by atoms with Gasteiger partial charge in [-0.05, 0) is 11.6 Å². The zero-order chi connectivity index (χ0) is 12.5. The smallest absolute Gasteiger partial charge is 0.162 e. The van der Waals surface area contributed by atoms with Crippen LogP contribution in [0.25, 0.3) is 0 Å². The summed E-state index contributed by atoms with van der Waals surface area (Å²) in [4.78, 5) is 16.3. The summed E-state index contributed by atoms with van der Waals surface area (Å²) in [6.45, 7) is 0. The van der Waals surface area contributed by atoms with E-state index in [0.29, 0.717) is 12.2 Å². The number of para-hydroxylation sites is 1. The average Bonchev–Trinajstić information content (AvgIpc) is 2.96. The molecular weight excluding hydrogens is 228 g/mol. The summed E-state index contributed by atoms with van der Waals surface area (Å²) in [6, 6.07) is 7.89. The first kappa shape index (κ1) is 11.0. The van der Waals surface area contributed by atoms with E-state index < -0.39 is 0 Å². The highest BCUT2D eigenvalue weighted by atomic mass is 16.1. The second kappa shape index (κ2) is 4.25. The first-order valence-electron chi connectivity index (χ1n) is 5.94. The Hall–Kier alpha value is -2.17. The molecule has 1 aliphatic rings. The van der Waals surface area contributed by atoms with Gasteiger partial charge in [-0.2, -0.15) is 5.10 Å². The summed E-state index contributed by atoms with van der Waals surface area (Å²) < 4.78 is 1.64. The third-order valence-corrected chi connectivity index (χ3v) is 3.30. The summed E-state index contributed by atoms with van der Waals surface area (Å²) in [7, 11) is 1.80. The van der Waals surface area contributed by atoms with Gasteiger partial charge in [0.15, 0.2) is 5.78 Å². The highest BCUT2D eigenvalue weighted by Crippen LogP contribution is 2.25. The Labute approximate surface area is 105 Å². The van der Waals surface area contributed by atoms with E-state index in [1.165, 1.54) is 11.9 Å². The lowest BCUT2D eigenvalue weighted by Gasteiger charge is -2.09. The molecule has 1 aromatic carbocycles. The molecular formula is C13H14N4O. The van der Waals surface area contributed by atoms with Crippen LogP contribution < -0.4 is 5.32 Å². The predicted octanol–water partition coefficient (Wildman–Crippen LogP) is 0.963. The number of hydrogen-bond donors (Lipinski definition) is 1. The zero-order valence-corrected chi connectivity index (χ0v) is 10.1. The number of carbonyl (C=O) groups excluding carboxylic acids is 1. The molecule has 18 heavy (non-hydrogen) atoms. The number of benzene rings is 1. The van der Waals surface area contributed by atoms with Gasteiger partial charge in [-0.15, -0.1) is 0 Å². The van der Waals surface area contributed by atoms with Crippen LogP contribution in [0.3, 0.4) is 0 Å². The van der Waals surface area contributed by atoms with Crippen molar-refractivity contribution in [2.24, 2.45) is 7.05 Å². The van der Waals surface area contributed by atoms with Crippen molar-refractivity contribution in [3.05, 3.63) is 42.0 Å². The average molecular weight is 242 g/mol. The molecule has 0 fully saturated rings. The van der Waals surface area contributed by atoms with E-state index in [0.717, 1.165) is 12.1 Å². The Morgan fingerprint density at radius 3 is 3.06 bits per heavy atom. The van der Waals surface area contributed by atoms with Crippen LogP contribution in [-0.2, 0) is 24.7 Å². The molecule has 1 aromatic heterocycles. The molecule has 0 radical (unpaired) electrons. The van der Waals surface area contributed by atoms with Gasteiger partial charge < -0.3 is 5.32 Å². The normalized spacial score (nSPS) is 17.3. The molecule has 1 atom stereocenters. The van der Waals surface area contributed by atoms with E-state index in [9.17, 15) is 4.79 Å². The first-order valence-corrected chi connectivity index (χ1v) is 5.94. The van der Waals surface area contributed by atoms with Crippen LogP contribution in [0.4, 0.5) is 5.69 Å². The van der Waals surface area contributed by atoms with Crippen LogP contribution in [0.15, 0.2) is 30.6 Å². The molecule has 0 spiro atoms. The van der Waals surface area contributed by atoms with Gasteiger partial charge in [0, 0.05) is 19.2 Å². The minimum atomic E-state index is -0.140. The van der Waals surface area contributed by atoms with E-state index in [2.05, 4.69) is 21.5 Å². The number of rotatable bonds is 3. The Morgan fingerprint density at radius 1 is 1.50 bits per heavy atom. The zero-order valence-electron chi connectivity index (χ0n) is 10.1. The summed E-state index contributed by atoms with van der Waals surface area (Å²) >= 11 is 0. The molecule has 0 saturated heterocycles. The molecule has 1 unspecified atom stereocenters. The van der Waals surface area contributed by atoms with Crippen LogP contribution in [0.1, 0.15) is 11.4 Å². The Bertz CT molecular complexity index is 565. The SMILES string of the molecule is Cn1ncnc1CC(=O)C1Cc2ccccc2N1. The minimum absolute atomic E-state index is 0.140. The van der Waals surface area contributed by atoms with E-state index in [1.807, 2.05) is 18.2 Å². The molecule has 0 aliphatic carbocycles. The third kappa shape index (κ3) is 1.88. The van der Waals surface area contributed by atoms with Gasteiger partial charge >= 0.3 is 0 Å². The predicted molar refractivity (Wildman–Crippen MR) is 67.3 cm³/mol. The maximum atomic E-state index is 12.2. The number of nitrogens with zero attached hydrogens (tertiary/aromatic N) is 3. The van der Waals surface area contributed by atoms with Crippen molar-refractivity contribution >= 4 is 11.5 Å². The summed E-state index contributed by atoms with van der Waals surface area (Å²) in [5, 5.41) is 7.23. The lowest BCUT2D eigenvalue weighted by Crippen LogP contribution is -2.29. The standard InChI is InChI=1S/C13H14N4O/c1-17-13(14-8-15-17)7-12(18)11-6-9-4-2-3-5-10(9)16-11/h2-5,8,11,16H,6-7H2,1H3. The molecule has 92 valence electrons. The Balaban J connectivity index is 1.71. The first-order chi connectivity index (χ1) is 8.74. The van der Waals surface area contributed by atoms with Crippen LogP contribution >= 0.6 is 0 Å². The fourth-order valence-corrected chi connectivity index (χ4v) is 2.25. The molecule has 0 bridgehead atoms. The number of aromatic nitrogens is 3. The van der Waals surface area contributed by atoms with E-state index in [4.69, 9.17) is 0 Å². The molecule has 2 aromatic rings. The quantitative estimate of drug-likeness (QED) is 0.871. The van der Waals surface area contributed by atoms with Crippen molar-refractivity contribution in [1.29, 1.82) is 0 Å². The number of ketones is 1. The van der Waals surface area contributed by atoms with Crippen LogP contribution in [-0.4, -0.2) is 26.6 Å². The monoisotopic (exact) mass is 242 g/mol. The summed E-state index contributed by atoms with van der Waals surface area (Å²) in [5.41, 5.74) is 2.27. The molecule has 3 rings (SSSR count). The number of Topliss-reactive ketones (excluding diaryl/α,β-unsaturated/α-hetero) is 1. The number of hydrogen-bond acceptors (Lipinski definition) is 4. The fraction of sp³-hybridized carbons (Fsp3) is 0.308. The second-order valence-electron chi connectivity index (χ2n) is 4.50. The van der Waals surface area contributed by atoms with Crippen molar-refractivity contribution in [3.8, 4) is 0 Å². The Morgan fingerprint density at radius 2 is 2.33 bits per heavy atom. The number of nitrogens with one attached hydrogen (secondary N) is 1. The van der Waals surface area contributed by atoms with Crippen LogP contribution in [0, 0.1) is 0 Å². The number of fused-ring (bicyclic) bond motifs is 1. The van der Waals surface area contributed by atoms with Gasteiger partial charge in [0.25, 0.3) is 0 Å². The molecule has 1 N–H and O–H groups in total. The second-order valence-corrected chi connectivity index (χ2v) is 4.50. The van der Waals surface area contributed by atoms with Gasteiger partial charge in [-0.3, -0.25) is 9.48 Å². The van der Waals surface area contributed by atoms with E-state index in [1.54, 1.807) is 11.7 Å². The highest BCUT2D eigenvalue weighted by Gasteiger charge is 2.26. The molecule has 1 aliphatic heterocycles. The van der Waals surface area contributed by atoms with Gasteiger partial charge in [-0.25, -0.2) is 4.98 Å². The number of anilines is 1. The van der Waals surface area contributed by atoms with Gasteiger partial charge in [0.1, 0.15) is 12.2 Å². The van der Waals surface area contributed by atoms with Crippen molar-refractivity contribution in [2.45, 2.75) is 18.9 Å². The van der Waals surface area contributed by atoms with Crippen molar-refractivity contribution < 1.29 is 4.79 Å². The third-order valence-electron chi connectivity index (χ3n) is 3.30. The van der Waals surface area contributed by atoms with Crippen LogP contribution in [0.5, 0.6) is 0 Å². The lowest BCUT2D eigenvalue weighted by atomic mass is 10.0. The maximum absolute atomic E-state index is 12.2. The van der Waals surface area contributed by atoms with Crippen molar-refractivity contribution in [1.82, 2.24) is 14.8 Å². The highest BCUT2D eigenvalue weighted by molar-refractivity contribution is 5.90. The molecule has 0 saturated carbocycles. The number of aryl methyl sites for hydroxylation is 1. The van der Waals surface area contributed by atoms with E-state index in [-0.39, 0.29) is 11.8 Å². The summed E-state index contributed by atoms with van der Waals surface area (Å²) in [5.74, 6) is 0.861. The van der Waals surface area contributed by atoms with E-state index >= 15 is 0 Å². The largest absolute Gasteiger partial charge is 0.375 e. The molecule has 5 nitrogen and oxygen atoms in total. The topological polar surface area (TPSA) is 59.8 Å². The van der Waals surface area contributed by atoms with Crippen LogP contribution in [0.2, 0.25) is 0 Å². The fourth-order valence-electron chi connectivity index (χ4n) is 2.25. The van der Waals surface area contributed by atoms with Crippen molar-refractivity contribution in [2.75, 3.05) is 5.32 Å². The molecule has 5 heteroatoms. The maximum Gasteiger partial charge on any atom is 0.162 e. The van der Waals surface area contributed by atoms with Gasteiger partial charge in [0.2, 0.25) is 0 Å².